The van der Waals surface area contributed by atoms with E-state index in [1.54, 1.807) is 6.07 Å². The molecule has 1 saturated carbocycles. The zero-order valence-corrected chi connectivity index (χ0v) is 16.2. The van der Waals surface area contributed by atoms with E-state index < -0.39 is 20.4 Å². The van der Waals surface area contributed by atoms with Crippen LogP contribution in [-0.4, -0.2) is 8.80 Å². The number of halogens is 2. The largest absolute Gasteiger partial charge is 0.204 e. The van der Waals surface area contributed by atoms with E-state index in [1.165, 1.54) is 81.6 Å². The third kappa shape index (κ3) is 4.68. The highest BCUT2D eigenvalue weighted by molar-refractivity contribution is 6.59. The van der Waals surface area contributed by atoms with E-state index in [2.05, 4.69) is 6.92 Å². The van der Waals surface area contributed by atoms with E-state index in [1.807, 2.05) is 0 Å². The first-order valence-corrected chi connectivity index (χ1v) is 12.6. The molecule has 134 valence electrons. The topological polar surface area (TPSA) is 0 Å². The van der Waals surface area contributed by atoms with Crippen LogP contribution in [0.25, 0.3) is 0 Å². The molecule has 0 aromatic heterocycles. The standard InChI is InChI=1S/C21H32F2Si/c1-2-16-3-5-17(6-4-16)9-12-24-13-10-18(11-14-24)19-7-8-20(22)21(23)15-19/h7-8,15-18,24H,2-6,9-14H2,1H3/t16-,17-,18?,24?. The van der Waals surface area contributed by atoms with Crippen molar-refractivity contribution in [2.75, 3.05) is 0 Å². The fraction of sp³-hybridized carbons (Fsp3) is 0.714. The van der Waals surface area contributed by atoms with Crippen molar-refractivity contribution in [3.63, 3.8) is 0 Å². The SMILES string of the molecule is CC[C@H]1CC[C@H](CC[SiH]2CCC(c3ccc(F)c(F)c3)CC2)CC1. The predicted molar refractivity (Wildman–Crippen MR) is 100 cm³/mol. The lowest BCUT2D eigenvalue weighted by atomic mass is 9.80. The highest BCUT2D eigenvalue weighted by Gasteiger charge is 2.26. The van der Waals surface area contributed by atoms with Crippen molar-refractivity contribution in [3.05, 3.63) is 35.4 Å². The average Bonchev–Trinajstić information content (AvgIpc) is 2.63. The van der Waals surface area contributed by atoms with Gasteiger partial charge in [0.25, 0.3) is 0 Å². The van der Waals surface area contributed by atoms with E-state index in [0.717, 1.165) is 17.4 Å². The molecule has 1 aliphatic heterocycles. The molecule has 3 heteroatoms. The van der Waals surface area contributed by atoms with Gasteiger partial charge >= 0.3 is 0 Å². The minimum Gasteiger partial charge on any atom is -0.204 e. The van der Waals surface area contributed by atoms with Crippen LogP contribution in [0.15, 0.2) is 18.2 Å². The van der Waals surface area contributed by atoms with Crippen molar-refractivity contribution in [2.45, 2.75) is 82.3 Å². The molecule has 0 unspecified atom stereocenters. The molecule has 1 aromatic rings. The Hall–Kier alpha value is -0.703. The Morgan fingerprint density at radius 2 is 1.58 bits per heavy atom. The summed E-state index contributed by atoms with van der Waals surface area (Å²) >= 11 is 0. The first kappa shape index (κ1) is 18.1. The minimum atomic E-state index is -0.723. The molecule has 1 saturated heterocycles. The summed E-state index contributed by atoms with van der Waals surface area (Å²) in [4.78, 5) is 0. The zero-order valence-electron chi connectivity index (χ0n) is 15.1. The molecule has 1 aromatic carbocycles. The summed E-state index contributed by atoms with van der Waals surface area (Å²) in [5.41, 5.74) is 1.01. The van der Waals surface area contributed by atoms with Gasteiger partial charge in [0.1, 0.15) is 0 Å². The second-order valence-corrected chi connectivity index (χ2v) is 11.7. The normalized spacial score (nSPS) is 31.1. The predicted octanol–water partition coefficient (Wildman–Crippen LogP) is 6.68. The highest BCUT2D eigenvalue weighted by Crippen LogP contribution is 2.38. The fourth-order valence-corrected chi connectivity index (χ4v) is 8.51. The first-order chi connectivity index (χ1) is 11.7. The van der Waals surface area contributed by atoms with Crippen molar-refractivity contribution >= 4 is 8.80 Å². The molecule has 2 aliphatic rings. The van der Waals surface area contributed by atoms with Crippen LogP contribution in [0, 0.1) is 23.5 Å². The maximum absolute atomic E-state index is 13.4. The van der Waals surface area contributed by atoms with Crippen LogP contribution in [-0.2, 0) is 0 Å². The van der Waals surface area contributed by atoms with Crippen molar-refractivity contribution in [1.29, 1.82) is 0 Å². The Labute approximate surface area is 147 Å². The summed E-state index contributed by atoms with van der Waals surface area (Å²) in [6.45, 7) is 2.34. The van der Waals surface area contributed by atoms with Gasteiger partial charge < -0.3 is 0 Å². The molecule has 2 fully saturated rings. The van der Waals surface area contributed by atoms with E-state index in [4.69, 9.17) is 0 Å². The Morgan fingerprint density at radius 3 is 2.21 bits per heavy atom. The monoisotopic (exact) mass is 350 g/mol. The minimum absolute atomic E-state index is 0.462. The Bertz CT molecular complexity index is 515. The lowest BCUT2D eigenvalue weighted by Gasteiger charge is -2.31. The van der Waals surface area contributed by atoms with Gasteiger partial charge in [0, 0.05) is 8.80 Å². The molecule has 0 atom stereocenters. The molecule has 0 N–H and O–H groups in total. The summed E-state index contributed by atoms with van der Waals surface area (Å²) in [5.74, 6) is 1.06. The van der Waals surface area contributed by atoms with Crippen LogP contribution in [0.4, 0.5) is 8.78 Å². The summed E-state index contributed by atoms with van der Waals surface area (Å²) < 4.78 is 26.5. The van der Waals surface area contributed by atoms with Crippen molar-refractivity contribution in [2.24, 2.45) is 11.8 Å². The fourth-order valence-electron chi connectivity index (χ4n) is 4.95. The van der Waals surface area contributed by atoms with Crippen LogP contribution >= 0.6 is 0 Å². The van der Waals surface area contributed by atoms with E-state index >= 15 is 0 Å². The molecule has 3 rings (SSSR count). The highest BCUT2D eigenvalue weighted by atomic mass is 28.3. The third-order valence-corrected chi connectivity index (χ3v) is 10.2. The van der Waals surface area contributed by atoms with Gasteiger partial charge in [-0.25, -0.2) is 8.78 Å². The molecular weight excluding hydrogens is 318 g/mol. The summed E-state index contributed by atoms with van der Waals surface area (Å²) in [7, 11) is -0.572. The van der Waals surface area contributed by atoms with Gasteiger partial charge in [-0.15, -0.1) is 0 Å². The number of hydrogen-bond acceptors (Lipinski definition) is 0. The van der Waals surface area contributed by atoms with E-state index in [-0.39, 0.29) is 0 Å². The zero-order chi connectivity index (χ0) is 16.9. The maximum Gasteiger partial charge on any atom is 0.159 e. The average molecular weight is 351 g/mol. The Morgan fingerprint density at radius 1 is 0.917 bits per heavy atom. The van der Waals surface area contributed by atoms with Gasteiger partial charge in [0.2, 0.25) is 0 Å². The van der Waals surface area contributed by atoms with Gasteiger partial charge in [0.15, 0.2) is 11.6 Å². The number of benzene rings is 1. The Kier molecular flexibility index (Phi) is 6.48. The van der Waals surface area contributed by atoms with Gasteiger partial charge in [-0.2, -0.15) is 0 Å². The second-order valence-electron chi connectivity index (χ2n) is 8.26. The van der Waals surface area contributed by atoms with Crippen molar-refractivity contribution < 1.29 is 8.78 Å². The first-order valence-electron chi connectivity index (χ1n) is 10.1. The molecule has 0 amide bonds. The van der Waals surface area contributed by atoms with E-state index in [0.29, 0.717) is 5.92 Å². The second kappa shape index (κ2) is 8.60. The van der Waals surface area contributed by atoms with Crippen LogP contribution in [0.2, 0.25) is 18.1 Å². The number of rotatable bonds is 5. The summed E-state index contributed by atoms with van der Waals surface area (Å²) in [6.07, 6.45) is 11.1. The van der Waals surface area contributed by atoms with Crippen LogP contribution < -0.4 is 0 Å². The molecule has 0 radical (unpaired) electrons. The van der Waals surface area contributed by atoms with E-state index in [9.17, 15) is 8.78 Å². The van der Waals surface area contributed by atoms with Crippen LogP contribution in [0.1, 0.15) is 69.8 Å². The summed E-state index contributed by atoms with van der Waals surface area (Å²) in [6, 6.07) is 8.82. The molecule has 1 aliphatic carbocycles. The van der Waals surface area contributed by atoms with Gasteiger partial charge in [-0.1, -0.05) is 69.6 Å². The maximum atomic E-state index is 13.4. The number of hydrogen-bond donors (Lipinski definition) is 0. The lowest BCUT2D eigenvalue weighted by molar-refractivity contribution is 0.264. The summed E-state index contributed by atoms with van der Waals surface area (Å²) in [5, 5.41) is 0. The third-order valence-electron chi connectivity index (χ3n) is 6.79. The van der Waals surface area contributed by atoms with Gasteiger partial charge in [-0.05, 0) is 48.3 Å². The molecular formula is C21H32F2Si. The lowest BCUT2D eigenvalue weighted by Crippen LogP contribution is -2.22. The quantitative estimate of drug-likeness (QED) is 0.520. The smallest absolute Gasteiger partial charge is 0.159 e. The van der Waals surface area contributed by atoms with Gasteiger partial charge in [0.05, 0.1) is 0 Å². The molecule has 0 nitrogen and oxygen atoms in total. The molecule has 0 spiro atoms. The van der Waals surface area contributed by atoms with Crippen molar-refractivity contribution in [1.82, 2.24) is 0 Å². The Balaban J connectivity index is 1.40. The molecule has 1 heterocycles. The van der Waals surface area contributed by atoms with Crippen LogP contribution in [0.5, 0.6) is 0 Å². The van der Waals surface area contributed by atoms with Crippen molar-refractivity contribution in [3.8, 4) is 0 Å². The van der Waals surface area contributed by atoms with Crippen LogP contribution in [0.3, 0.4) is 0 Å². The molecule has 24 heavy (non-hydrogen) atoms. The molecule has 0 bridgehead atoms. The van der Waals surface area contributed by atoms with Gasteiger partial charge in [-0.3, -0.25) is 0 Å².